The van der Waals surface area contributed by atoms with E-state index in [0.717, 1.165) is 24.1 Å². The number of hydrogen-bond acceptors (Lipinski definition) is 2. The van der Waals surface area contributed by atoms with E-state index in [-0.39, 0.29) is 5.75 Å². The summed E-state index contributed by atoms with van der Waals surface area (Å²) in [5, 5.41) is 0. The lowest BCUT2D eigenvalue weighted by atomic mass is 10.0. The smallest absolute Gasteiger partial charge is 0.235 e. The molecule has 0 bridgehead atoms. The van der Waals surface area contributed by atoms with Gasteiger partial charge in [0.2, 0.25) is 10.0 Å². The highest BCUT2D eigenvalue weighted by atomic mass is 32.2. The summed E-state index contributed by atoms with van der Waals surface area (Å²) >= 11 is 0. The van der Waals surface area contributed by atoms with Crippen molar-refractivity contribution in [3.63, 3.8) is 0 Å². The Morgan fingerprint density at radius 2 is 2.06 bits per heavy atom. The molecule has 1 aromatic carbocycles. The first-order valence-electron chi connectivity index (χ1n) is 6.15. The van der Waals surface area contributed by atoms with E-state index in [1.807, 2.05) is 31.2 Å². The van der Waals surface area contributed by atoms with Crippen LogP contribution in [0.4, 0.5) is 5.69 Å². The first-order valence-corrected chi connectivity index (χ1v) is 7.76. The molecule has 0 aliphatic carbocycles. The Morgan fingerprint density at radius 1 is 1.35 bits per heavy atom. The van der Waals surface area contributed by atoms with Gasteiger partial charge in [0.05, 0.1) is 11.4 Å². The molecule has 0 fully saturated rings. The molecule has 1 atom stereocenters. The van der Waals surface area contributed by atoms with Gasteiger partial charge >= 0.3 is 0 Å². The molecule has 17 heavy (non-hydrogen) atoms. The highest BCUT2D eigenvalue weighted by molar-refractivity contribution is 7.92. The van der Waals surface area contributed by atoms with Crippen molar-refractivity contribution in [2.45, 2.75) is 32.6 Å². The van der Waals surface area contributed by atoms with E-state index in [0.29, 0.717) is 12.5 Å². The van der Waals surface area contributed by atoms with E-state index in [4.69, 9.17) is 0 Å². The van der Waals surface area contributed by atoms with Crippen molar-refractivity contribution in [2.24, 2.45) is 0 Å². The van der Waals surface area contributed by atoms with Gasteiger partial charge in [-0.1, -0.05) is 38.5 Å². The Bertz CT molecular complexity index is 496. The molecule has 0 N–H and O–H groups in total. The molecule has 2 rings (SSSR count). The minimum Gasteiger partial charge on any atom is -0.269 e. The van der Waals surface area contributed by atoms with Crippen LogP contribution in [-0.2, 0) is 10.0 Å². The fourth-order valence-electron chi connectivity index (χ4n) is 2.28. The normalized spacial score (nSPS) is 19.4. The number of benzene rings is 1. The van der Waals surface area contributed by atoms with Crippen LogP contribution in [0.1, 0.15) is 38.2 Å². The summed E-state index contributed by atoms with van der Waals surface area (Å²) in [6.07, 6.45) is 1.64. The second-order valence-corrected chi connectivity index (χ2v) is 6.67. The van der Waals surface area contributed by atoms with Crippen molar-refractivity contribution in [3.8, 4) is 0 Å². The van der Waals surface area contributed by atoms with Crippen LogP contribution < -0.4 is 4.31 Å². The first-order chi connectivity index (χ1) is 8.06. The Morgan fingerprint density at radius 3 is 2.76 bits per heavy atom. The maximum atomic E-state index is 12.2. The first kappa shape index (κ1) is 12.4. The minimum atomic E-state index is -3.14. The number of unbranched alkanes of at least 4 members (excludes halogenated alkanes) is 1. The summed E-state index contributed by atoms with van der Waals surface area (Å²) in [7, 11) is -3.14. The van der Waals surface area contributed by atoms with Gasteiger partial charge in [-0.15, -0.1) is 0 Å². The van der Waals surface area contributed by atoms with Gasteiger partial charge in [0.15, 0.2) is 0 Å². The van der Waals surface area contributed by atoms with Crippen LogP contribution in [0.2, 0.25) is 0 Å². The SMILES string of the molecule is CCCCS(=O)(=O)N1CC(C)c2ccccc21. The van der Waals surface area contributed by atoms with E-state index < -0.39 is 10.0 Å². The van der Waals surface area contributed by atoms with Crippen LogP contribution in [0.15, 0.2) is 24.3 Å². The summed E-state index contributed by atoms with van der Waals surface area (Å²) in [6.45, 7) is 4.68. The lowest BCUT2D eigenvalue weighted by molar-refractivity contribution is 0.587. The Labute approximate surface area is 104 Å². The van der Waals surface area contributed by atoms with Gasteiger partial charge in [-0.05, 0) is 18.1 Å². The minimum absolute atomic E-state index is 0.255. The van der Waals surface area contributed by atoms with Gasteiger partial charge in [-0.2, -0.15) is 0 Å². The number of sulfonamides is 1. The average molecular weight is 253 g/mol. The molecule has 1 aromatic rings. The van der Waals surface area contributed by atoms with Crippen LogP contribution in [0.5, 0.6) is 0 Å². The lowest BCUT2D eigenvalue weighted by Gasteiger charge is -2.19. The van der Waals surface area contributed by atoms with E-state index in [2.05, 4.69) is 6.92 Å². The van der Waals surface area contributed by atoms with Crippen molar-refractivity contribution in [3.05, 3.63) is 29.8 Å². The Hall–Kier alpha value is -1.03. The highest BCUT2D eigenvalue weighted by Crippen LogP contribution is 2.37. The fraction of sp³-hybridized carbons (Fsp3) is 0.538. The number of anilines is 1. The Kier molecular flexibility index (Phi) is 3.43. The standard InChI is InChI=1S/C13H19NO2S/c1-3-4-9-17(15,16)14-10-11(2)12-7-5-6-8-13(12)14/h5-8,11H,3-4,9-10H2,1-2H3. The second kappa shape index (κ2) is 4.69. The maximum Gasteiger partial charge on any atom is 0.235 e. The van der Waals surface area contributed by atoms with Crippen molar-refractivity contribution < 1.29 is 8.42 Å². The number of nitrogens with zero attached hydrogens (tertiary/aromatic N) is 1. The fourth-order valence-corrected chi connectivity index (χ4v) is 4.07. The number of rotatable bonds is 4. The van der Waals surface area contributed by atoms with E-state index in [9.17, 15) is 8.42 Å². The lowest BCUT2D eigenvalue weighted by Crippen LogP contribution is -2.31. The van der Waals surface area contributed by atoms with E-state index >= 15 is 0 Å². The summed E-state index contributed by atoms with van der Waals surface area (Å²) in [5.41, 5.74) is 2.02. The molecule has 1 unspecified atom stereocenters. The Balaban J connectivity index is 2.31. The van der Waals surface area contributed by atoms with Crippen molar-refractivity contribution in [2.75, 3.05) is 16.6 Å². The van der Waals surface area contributed by atoms with Gasteiger partial charge < -0.3 is 0 Å². The highest BCUT2D eigenvalue weighted by Gasteiger charge is 2.32. The van der Waals surface area contributed by atoms with Crippen molar-refractivity contribution in [1.82, 2.24) is 0 Å². The van der Waals surface area contributed by atoms with Gasteiger partial charge in [-0.3, -0.25) is 4.31 Å². The molecule has 0 radical (unpaired) electrons. The van der Waals surface area contributed by atoms with Crippen LogP contribution in [-0.4, -0.2) is 20.7 Å². The molecule has 0 saturated carbocycles. The second-order valence-electron chi connectivity index (χ2n) is 4.66. The molecule has 3 nitrogen and oxygen atoms in total. The van der Waals surface area contributed by atoms with Crippen LogP contribution in [0, 0.1) is 0 Å². The summed E-state index contributed by atoms with van der Waals surface area (Å²) in [4.78, 5) is 0. The average Bonchev–Trinajstić information content (AvgIpc) is 2.66. The summed E-state index contributed by atoms with van der Waals surface area (Å²) < 4.78 is 26.0. The molecular weight excluding hydrogens is 234 g/mol. The maximum absolute atomic E-state index is 12.2. The third kappa shape index (κ3) is 2.32. The number of hydrogen-bond donors (Lipinski definition) is 0. The topological polar surface area (TPSA) is 37.4 Å². The predicted octanol–water partition coefficient (Wildman–Crippen LogP) is 2.74. The molecule has 0 saturated heterocycles. The van der Waals surface area contributed by atoms with Crippen molar-refractivity contribution >= 4 is 15.7 Å². The number of para-hydroxylation sites is 1. The molecule has 0 aromatic heterocycles. The van der Waals surface area contributed by atoms with E-state index in [1.54, 1.807) is 4.31 Å². The summed E-state index contributed by atoms with van der Waals surface area (Å²) in [5.74, 6) is 0.549. The predicted molar refractivity (Wildman–Crippen MR) is 70.9 cm³/mol. The molecule has 0 spiro atoms. The molecule has 94 valence electrons. The van der Waals surface area contributed by atoms with E-state index in [1.165, 1.54) is 0 Å². The third-order valence-corrected chi connectivity index (χ3v) is 5.09. The summed E-state index contributed by atoms with van der Waals surface area (Å²) in [6, 6.07) is 7.80. The van der Waals surface area contributed by atoms with Gasteiger partial charge in [0.25, 0.3) is 0 Å². The van der Waals surface area contributed by atoms with Gasteiger partial charge in [0, 0.05) is 12.5 Å². The number of fused-ring (bicyclic) bond motifs is 1. The zero-order valence-electron chi connectivity index (χ0n) is 10.4. The molecule has 1 heterocycles. The van der Waals surface area contributed by atoms with Crippen LogP contribution in [0.3, 0.4) is 0 Å². The molecule has 1 aliphatic heterocycles. The van der Waals surface area contributed by atoms with Gasteiger partial charge in [0.1, 0.15) is 0 Å². The monoisotopic (exact) mass is 253 g/mol. The third-order valence-electron chi connectivity index (χ3n) is 3.27. The van der Waals surface area contributed by atoms with Crippen molar-refractivity contribution in [1.29, 1.82) is 0 Å². The van der Waals surface area contributed by atoms with Crippen LogP contribution >= 0.6 is 0 Å². The zero-order chi connectivity index (χ0) is 12.5. The largest absolute Gasteiger partial charge is 0.269 e. The molecule has 1 aliphatic rings. The molecular formula is C13H19NO2S. The van der Waals surface area contributed by atoms with Crippen LogP contribution in [0.25, 0.3) is 0 Å². The molecule has 4 heteroatoms. The molecule has 0 amide bonds. The van der Waals surface area contributed by atoms with Gasteiger partial charge in [-0.25, -0.2) is 8.42 Å². The zero-order valence-corrected chi connectivity index (χ0v) is 11.2. The quantitative estimate of drug-likeness (QED) is 0.827.